The predicted molar refractivity (Wildman–Crippen MR) is 97.8 cm³/mol. The molecule has 0 saturated heterocycles. The molecule has 1 aliphatic carbocycles. The van der Waals surface area contributed by atoms with E-state index in [1.807, 2.05) is 36.6 Å². The number of benzene rings is 1. The van der Waals surface area contributed by atoms with Crippen molar-refractivity contribution < 1.29 is 14.7 Å². The van der Waals surface area contributed by atoms with Gasteiger partial charge in [0.25, 0.3) is 0 Å². The molecule has 0 bridgehead atoms. The number of carboxylic acids is 1. The van der Waals surface area contributed by atoms with Crippen LogP contribution in [-0.2, 0) is 22.4 Å². The van der Waals surface area contributed by atoms with Crippen LogP contribution in [-0.4, -0.2) is 27.6 Å². The maximum Gasteiger partial charge on any atom is 0.326 e. The maximum atomic E-state index is 11.9. The Labute approximate surface area is 148 Å². The minimum absolute atomic E-state index is 0.108. The van der Waals surface area contributed by atoms with Gasteiger partial charge in [-0.2, -0.15) is 0 Å². The lowest BCUT2D eigenvalue weighted by Gasteiger charge is -2.26. The summed E-state index contributed by atoms with van der Waals surface area (Å²) < 4.78 is 2.01. The molecule has 134 valence electrons. The average Bonchev–Trinajstić information content (AvgIpc) is 2.90. The second-order valence-corrected chi connectivity index (χ2v) is 6.83. The van der Waals surface area contributed by atoms with Gasteiger partial charge < -0.3 is 15.0 Å². The standard InChI is InChI=1S/C20H26N2O3/c1-3-7-19(23)21-13-10-11-18-15(12-13)14-8-5-6-9-17(14)22(18)16(4-2)20(24)25/h5-6,8-9,13,16H,3-4,7,10-12H2,1-2H3,(H,21,23)(H,24,25)/t13-,16?/m0/s1. The molecule has 1 unspecified atom stereocenters. The summed E-state index contributed by atoms with van der Waals surface area (Å²) in [5, 5.41) is 13.9. The quantitative estimate of drug-likeness (QED) is 0.844. The molecular formula is C20H26N2O3. The van der Waals surface area contributed by atoms with Crippen molar-refractivity contribution in [3.05, 3.63) is 35.5 Å². The highest BCUT2D eigenvalue weighted by Gasteiger charge is 2.30. The number of aromatic nitrogens is 1. The Morgan fingerprint density at radius 2 is 2.08 bits per heavy atom. The summed E-state index contributed by atoms with van der Waals surface area (Å²) in [7, 11) is 0. The first-order chi connectivity index (χ1) is 12.1. The number of carbonyl (C=O) groups excluding carboxylic acids is 1. The molecule has 0 aliphatic heterocycles. The second kappa shape index (κ2) is 7.30. The van der Waals surface area contributed by atoms with Crippen LogP contribution in [0.15, 0.2) is 24.3 Å². The third-order valence-corrected chi connectivity index (χ3v) is 5.13. The molecule has 3 rings (SSSR count). The largest absolute Gasteiger partial charge is 0.480 e. The van der Waals surface area contributed by atoms with E-state index in [-0.39, 0.29) is 11.9 Å². The van der Waals surface area contributed by atoms with Crippen molar-refractivity contribution in [1.82, 2.24) is 9.88 Å². The highest BCUT2D eigenvalue weighted by molar-refractivity contribution is 5.88. The van der Waals surface area contributed by atoms with Crippen LogP contribution in [0.5, 0.6) is 0 Å². The van der Waals surface area contributed by atoms with Crippen molar-refractivity contribution in [1.29, 1.82) is 0 Å². The van der Waals surface area contributed by atoms with Gasteiger partial charge in [-0.25, -0.2) is 4.79 Å². The number of hydrogen-bond acceptors (Lipinski definition) is 2. The van der Waals surface area contributed by atoms with Gasteiger partial charge in [-0.15, -0.1) is 0 Å². The van der Waals surface area contributed by atoms with E-state index < -0.39 is 12.0 Å². The number of carbonyl (C=O) groups is 2. The minimum atomic E-state index is -0.788. The monoisotopic (exact) mass is 342 g/mol. The van der Waals surface area contributed by atoms with E-state index in [1.54, 1.807) is 0 Å². The number of nitrogens with one attached hydrogen (secondary N) is 1. The van der Waals surface area contributed by atoms with Crippen molar-refractivity contribution in [2.75, 3.05) is 0 Å². The van der Waals surface area contributed by atoms with E-state index in [0.717, 1.165) is 42.3 Å². The fourth-order valence-corrected chi connectivity index (χ4v) is 4.02. The van der Waals surface area contributed by atoms with Gasteiger partial charge in [0.15, 0.2) is 0 Å². The fraction of sp³-hybridized carbons (Fsp3) is 0.500. The summed E-state index contributed by atoms with van der Waals surface area (Å²) in [6.45, 7) is 3.92. The van der Waals surface area contributed by atoms with Gasteiger partial charge in [0, 0.05) is 29.1 Å². The molecule has 25 heavy (non-hydrogen) atoms. The number of aliphatic carboxylic acids is 1. The van der Waals surface area contributed by atoms with Crippen LogP contribution < -0.4 is 5.32 Å². The molecule has 1 amide bonds. The molecule has 5 heteroatoms. The first-order valence-corrected chi connectivity index (χ1v) is 9.19. The van der Waals surface area contributed by atoms with Crippen LogP contribution in [0.25, 0.3) is 10.9 Å². The van der Waals surface area contributed by atoms with Gasteiger partial charge in [0.2, 0.25) is 5.91 Å². The van der Waals surface area contributed by atoms with E-state index >= 15 is 0 Å². The first kappa shape index (κ1) is 17.5. The van der Waals surface area contributed by atoms with Crippen LogP contribution in [0.1, 0.15) is 56.8 Å². The molecule has 1 heterocycles. The number of amides is 1. The molecule has 0 radical (unpaired) electrons. The molecule has 1 aromatic heterocycles. The topological polar surface area (TPSA) is 71.3 Å². The molecule has 0 spiro atoms. The summed E-state index contributed by atoms with van der Waals surface area (Å²) in [6, 6.07) is 7.61. The Kier molecular flexibility index (Phi) is 5.11. The molecule has 5 nitrogen and oxygen atoms in total. The molecule has 2 N–H and O–H groups in total. The normalized spacial score (nSPS) is 17.9. The van der Waals surface area contributed by atoms with Crippen LogP contribution in [0.4, 0.5) is 0 Å². The lowest BCUT2D eigenvalue weighted by molar-refractivity contribution is -0.141. The predicted octanol–water partition coefficient (Wildman–Crippen LogP) is 3.45. The Bertz CT molecular complexity index is 794. The number of para-hydroxylation sites is 1. The minimum Gasteiger partial charge on any atom is -0.480 e. The highest BCUT2D eigenvalue weighted by Crippen LogP contribution is 2.35. The van der Waals surface area contributed by atoms with Crippen molar-refractivity contribution in [3.8, 4) is 0 Å². The van der Waals surface area contributed by atoms with Crippen molar-refractivity contribution in [3.63, 3.8) is 0 Å². The Hall–Kier alpha value is -2.30. The molecule has 2 atom stereocenters. The maximum absolute atomic E-state index is 11.9. The van der Waals surface area contributed by atoms with Gasteiger partial charge in [0.1, 0.15) is 6.04 Å². The lowest BCUT2D eigenvalue weighted by atomic mass is 9.91. The Morgan fingerprint density at radius 1 is 1.32 bits per heavy atom. The Morgan fingerprint density at radius 3 is 2.76 bits per heavy atom. The zero-order valence-corrected chi connectivity index (χ0v) is 14.9. The van der Waals surface area contributed by atoms with E-state index in [0.29, 0.717) is 12.8 Å². The summed E-state index contributed by atoms with van der Waals surface area (Å²) in [4.78, 5) is 23.7. The van der Waals surface area contributed by atoms with Crippen LogP contribution in [0.2, 0.25) is 0 Å². The van der Waals surface area contributed by atoms with Gasteiger partial charge in [-0.1, -0.05) is 32.0 Å². The van der Waals surface area contributed by atoms with Crippen LogP contribution in [0.3, 0.4) is 0 Å². The van der Waals surface area contributed by atoms with E-state index in [4.69, 9.17) is 0 Å². The molecule has 1 aromatic carbocycles. The van der Waals surface area contributed by atoms with Crippen LogP contribution >= 0.6 is 0 Å². The van der Waals surface area contributed by atoms with Gasteiger partial charge in [-0.05, 0) is 43.7 Å². The molecule has 1 aliphatic rings. The zero-order chi connectivity index (χ0) is 18.0. The molecular weight excluding hydrogens is 316 g/mol. The first-order valence-electron chi connectivity index (χ1n) is 9.19. The van der Waals surface area contributed by atoms with Crippen molar-refractivity contribution >= 4 is 22.8 Å². The van der Waals surface area contributed by atoms with Crippen molar-refractivity contribution in [2.45, 2.75) is 64.5 Å². The molecule has 0 saturated carbocycles. The second-order valence-electron chi connectivity index (χ2n) is 6.83. The molecule has 0 fully saturated rings. The molecule has 2 aromatic rings. The smallest absolute Gasteiger partial charge is 0.326 e. The van der Waals surface area contributed by atoms with Crippen molar-refractivity contribution in [2.24, 2.45) is 0 Å². The number of nitrogens with zero attached hydrogens (tertiary/aromatic N) is 1. The SMILES string of the molecule is CCCC(=O)N[C@H]1CCc2c(c3ccccc3n2C(CC)C(=O)O)C1. The third-order valence-electron chi connectivity index (χ3n) is 5.13. The van der Waals surface area contributed by atoms with E-state index in [1.165, 1.54) is 5.56 Å². The Balaban J connectivity index is 2.00. The van der Waals surface area contributed by atoms with E-state index in [2.05, 4.69) is 11.4 Å². The summed E-state index contributed by atoms with van der Waals surface area (Å²) >= 11 is 0. The number of hydrogen-bond donors (Lipinski definition) is 2. The number of carboxylic acid groups (broad SMARTS) is 1. The summed E-state index contributed by atoms with van der Waals surface area (Å²) in [6.07, 6.45) is 4.38. The zero-order valence-electron chi connectivity index (χ0n) is 14.9. The third kappa shape index (κ3) is 3.28. The van der Waals surface area contributed by atoms with Gasteiger partial charge in [0.05, 0.1) is 0 Å². The fourth-order valence-electron chi connectivity index (χ4n) is 4.02. The summed E-state index contributed by atoms with van der Waals surface area (Å²) in [5.41, 5.74) is 3.31. The average molecular weight is 342 g/mol. The number of fused-ring (bicyclic) bond motifs is 3. The highest BCUT2D eigenvalue weighted by atomic mass is 16.4. The van der Waals surface area contributed by atoms with Gasteiger partial charge >= 0.3 is 5.97 Å². The summed E-state index contributed by atoms with van der Waals surface area (Å²) in [5.74, 6) is -0.680. The number of rotatable bonds is 6. The van der Waals surface area contributed by atoms with E-state index in [9.17, 15) is 14.7 Å². The lowest BCUT2D eigenvalue weighted by Crippen LogP contribution is -2.39. The van der Waals surface area contributed by atoms with Gasteiger partial charge in [-0.3, -0.25) is 4.79 Å². The van der Waals surface area contributed by atoms with Crippen LogP contribution in [0, 0.1) is 0 Å².